The van der Waals surface area contributed by atoms with Crippen molar-refractivity contribution in [1.29, 1.82) is 0 Å². The summed E-state index contributed by atoms with van der Waals surface area (Å²) < 4.78 is 2.04. The molecule has 3 aromatic rings. The number of urea groups is 1. The van der Waals surface area contributed by atoms with Crippen LogP contribution in [0.1, 0.15) is 25.6 Å². The minimum absolute atomic E-state index is 0.227. The SMILES string of the molecule is CCCCNC(=O)Nc1ccc2ccc3c(nc(C)n3C)c2n1. The number of rotatable bonds is 4. The van der Waals surface area contributed by atoms with Gasteiger partial charge in [-0.15, -0.1) is 0 Å². The van der Waals surface area contributed by atoms with Gasteiger partial charge in [0.05, 0.1) is 5.52 Å². The molecular formula is C17H21N5O. The lowest BCUT2D eigenvalue weighted by Gasteiger charge is -2.07. The van der Waals surface area contributed by atoms with E-state index < -0.39 is 0 Å². The summed E-state index contributed by atoms with van der Waals surface area (Å²) in [7, 11) is 1.99. The maximum Gasteiger partial charge on any atom is 0.320 e. The van der Waals surface area contributed by atoms with Crippen LogP contribution in [-0.2, 0) is 7.05 Å². The molecular weight excluding hydrogens is 290 g/mol. The van der Waals surface area contributed by atoms with E-state index in [1.807, 2.05) is 42.8 Å². The number of aryl methyl sites for hydroxylation is 2. The van der Waals surface area contributed by atoms with Crippen LogP contribution in [0.4, 0.5) is 10.6 Å². The molecule has 0 unspecified atom stereocenters. The molecule has 0 aliphatic rings. The summed E-state index contributed by atoms with van der Waals surface area (Å²) in [5, 5.41) is 6.61. The van der Waals surface area contributed by atoms with Gasteiger partial charge in [-0.25, -0.2) is 14.8 Å². The van der Waals surface area contributed by atoms with Crippen molar-refractivity contribution in [2.24, 2.45) is 7.05 Å². The zero-order chi connectivity index (χ0) is 16.4. The molecule has 0 bridgehead atoms. The number of aromatic nitrogens is 3. The van der Waals surface area contributed by atoms with E-state index in [1.165, 1.54) is 0 Å². The number of fused-ring (bicyclic) bond motifs is 3. The van der Waals surface area contributed by atoms with Crippen LogP contribution >= 0.6 is 0 Å². The number of nitrogens with zero attached hydrogens (tertiary/aromatic N) is 3. The Balaban J connectivity index is 1.92. The zero-order valence-corrected chi connectivity index (χ0v) is 13.7. The molecule has 1 aromatic carbocycles. The minimum Gasteiger partial charge on any atom is -0.338 e. The first-order valence-electron chi connectivity index (χ1n) is 7.88. The van der Waals surface area contributed by atoms with Gasteiger partial charge in [-0.3, -0.25) is 5.32 Å². The molecule has 0 aliphatic carbocycles. The fourth-order valence-corrected chi connectivity index (χ4v) is 2.56. The highest BCUT2D eigenvalue weighted by molar-refractivity contribution is 6.03. The Kier molecular flexibility index (Phi) is 4.14. The van der Waals surface area contributed by atoms with E-state index >= 15 is 0 Å². The van der Waals surface area contributed by atoms with Gasteiger partial charge in [0.2, 0.25) is 0 Å². The molecule has 6 heteroatoms. The fourth-order valence-electron chi connectivity index (χ4n) is 2.56. The lowest BCUT2D eigenvalue weighted by atomic mass is 10.2. The van der Waals surface area contributed by atoms with Gasteiger partial charge in [-0.05, 0) is 31.5 Å². The third-order valence-corrected chi connectivity index (χ3v) is 3.99. The number of nitrogens with one attached hydrogen (secondary N) is 2. The van der Waals surface area contributed by atoms with Gasteiger partial charge >= 0.3 is 6.03 Å². The molecule has 23 heavy (non-hydrogen) atoms. The topological polar surface area (TPSA) is 71.8 Å². The number of carbonyl (C=O) groups excluding carboxylic acids is 1. The number of amides is 2. The molecule has 2 heterocycles. The predicted molar refractivity (Wildman–Crippen MR) is 92.7 cm³/mol. The Morgan fingerprint density at radius 3 is 2.74 bits per heavy atom. The zero-order valence-electron chi connectivity index (χ0n) is 13.7. The van der Waals surface area contributed by atoms with Crippen LogP contribution in [0.3, 0.4) is 0 Å². The first-order chi connectivity index (χ1) is 11.1. The number of hydrogen-bond acceptors (Lipinski definition) is 3. The standard InChI is InChI=1S/C17H21N5O/c1-4-5-10-18-17(23)21-14-9-7-12-6-8-13-16(15(12)20-14)19-11(2)22(13)3/h6-9H,4-5,10H2,1-3H3,(H2,18,20,21,23). The van der Waals surface area contributed by atoms with Crippen LogP contribution in [0.5, 0.6) is 0 Å². The van der Waals surface area contributed by atoms with Crippen LogP contribution in [0.15, 0.2) is 24.3 Å². The summed E-state index contributed by atoms with van der Waals surface area (Å²) in [5.41, 5.74) is 2.70. The van der Waals surface area contributed by atoms with Gasteiger partial charge in [0.25, 0.3) is 0 Å². The second-order valence-electron chi connectivity index (χ2n) is 5.65. The lowest BCUT2D eigenvalue weighted by molar-refractivity contribution is 0.252. The maximum atomic E-state index is 11.9. The Labute approximate surface area is 134 Å². The van der Waals surface area contributed by atoms with Crippen molar-refractivity contribution in [3.8, 4) is 0 Å². The Morgan fingerprint density at radius 1 is 1.17 bits per heavy atom. The number of pyridine rings is 1. The first-order valence-corrected chi connectivity index (χ1v) is 7.88. The summed E-state index contributed by atoms with van der Waals surface area (Å²) in [4.78, 5) is 21.0. The van der Waals surface area contributed by atoms with Crippen LogP contribution < -0.4 is 10.6 Å². The average molecular weight is 311 g/mol. The Morgan fingerprint density at radius 2 is 1.96 bits per heavy atom. The van der Waals surface area contributed by atoms with Crippen molar-refractivity contribution < 1.29 is 4.79 Å². The summed E-state index contributed by atoms with van der Waals surface area (Å²) >= 11 is 0. The van der Waals surface area contributed by atoms with E-state index in [-0.39, 0.29) is 6.03 Å². The number of carbonyl (C=O) groups is 1. The maximum absolute atomic E-state index is 11.9. The van der Waals surface area contributed by atoms with E-state index in [4.69, 9.17) is 0 Å². The van der Waals surface area contributed by atoms with E-state index in [0.29, 0.717) is 12.4 Å². The Bertz CT molecular complexity index is 868. The molecule has 0 spiro atoms. The van der Waals surface area contributed by atoms with E-state index in [9.17, 15) is 4.79 Å². The van der Waals surface area contributed by atoms with Gasteiger partial charge in [-0.1, -0.05) is 19.4 Å². The van der Waals surface area contributed by atoms with Crippen LogP contribution in [0.25, 0.3) is 21.9 Å². The monoisotopic (exact) mass is 311 g/mol. The highest BCUT2D eigenvalue weighted by Crippen LogP contribution is 2.25. The molecule has 6 nitrogen and oxygen atoms in total. The molecule has 2 N–H and O–H groups in total. The predicted octanol–water partition coefficient (Wildman–Crippen LogP) is 3.35. The molecule has 3 rings (SSSR count). The molecule has 0 radical (unpaired) electrons. The van der Waals surface area contributed by atoms with Crippen LogP contribution in [0.2, 0.25) is 0 Å². The fraction of sp³-hybridized carbons (Fsp3) is 0.353. The van der Waals surface area contributed by atoms with Crippen molar-refractivity contribution in [3.05, 3.63) is 30.1 Å². The molecule has 0 saturated heterocycles. The smallest absolute Gasteiger partial charge is 0.320 e. The molecule has 2 aromatic heterocycles. The van der Waals surface area contributed by atoms with Crippen LogP contribution in [0, 0.1) is 6.92 Å². The molecule has 0 aliphatic heterocycles. The minimum atomic E-state index is -0.227. The van der Waals surface area contributed by atoms with Gasteiger partial charge in [0.15, 0.2) is 0 Å². The van der Waals surface area contributed by atoms with Crippen molar-refractivity contribution in [2.75, 3.05) is 11.9 Å². The van der Waals surface area contributed by atoms with Gasteiger partial charge in [-0.2, -0.15) is 0 Å². The van der Waals surface area contributed by atoms with Crippen LogP contribution in [-0.4, -0.2) is 27.1 Å². The molecule has 2 amide bonds. The van der Waals surface area contributed by atoms with E-state index in [2.05, 4.69) is 27.5 Å². The molecule has 0 saturated carbocycles. The number of imidazole rings is 1. The van der Waals surface area contributed by atoms with Crippen molar-refractivity contribution >= 4 is 33.8 Å². The van der Waals surface area contributed by atoms with Gasteiger partial charge in [0.1, 0.15) is 22.7 Å². The second kappa shape index (κ2) is 6.24. The lowest BCUT2D eigenvalue weighted by Crippen LogP contribution is -2.29. The first kappa shape index (κ1) is 15.3. The van der Waals surface area contributed by atoms with Crippen molar-refractivity contribution in [2.45, 2.75) is 26.7 Å². The summed E-state index contributed by atoms with van der Waals surface area (Å²) in [5.74, 6) is 1.47. The third kappa shape index (κ3) is 2.97. The average Bonchev–Trinajstić information content (AvgIpc) is 2.83. The number of hydrogen-bond donors (Lipinski definition) is 2. The molecule has 0 atom stereocenters. The number of anilines is 1. The van der Waals surface area contributed by atoms with Crippen molar-refractivity contribution in [1.82, 2.24) is 19.9 Å². The van der Waals surface area contributed by atoms with E-state index in [1.54, 1.807) is 0 Å². The van der Waals surface area contributed by atoms with Gasteiger partial charge in [0, 0.05) is 19.0 Å². The van der Waals surface area contributed by atoms with Crippen molar-refractivity contribution in [3.63, 3.8) is 0 Å². The third-order valence-electron chi connectivity index (χ3n) is 3.99. The van der Waals surface area contributed by atoms with E-state index in [0.717, 1.165) is 40.6 Å². The quantitative estimate of drug-likeness (QED) is 0.726. The largest absolute Gasteiger partial charge is 0.338 e. The van der Waals surface area contributed by atoms with Gasteiger partial charge < -0.3 is 9.88 Å². The normalized spacial score (nSPS) is 11.1. The molecule has 120 valence electrons. The number of unbranched alkanes of at least 4 members (excludes halogenated alkanes) is 1. The highest BCUT2D eigenvalue weighted by atomic mass is 16.2. The summed E-state index contributed by atoms with van der Waals surface area (Å²) in [6, 6.07) is 7.60. The summed E-state index contributed by atoms with van der Waals surface area (Å²) in [6.07, 6.45) is 2.01. The second-order valence-corrected chi connectivity index (χ2v) is 5.65. The highest BCUT2D eigenvalue weighted by Gasteiger charge is 2.10. The molecule has 0 fully saturated rings. The Hall–Kier alpha value is -2.63. The number of benzene rings is 1. The summed E-state index contributed by atoms with van der Waals surface area (Å²) in [6.45, 7) is 4.72.